The summed E-state index contributed by atoms with van der Waals surface area (Å²) in [6, 6.07) is 14.4. The molecule has 0 aliphatic heterocycles. The molecule has 2 nitrogen and oxygen atoms in total. The lowest BCUT2D eigenvalue weighted by atomic mass is 10.1. The number of nitroso groups, excluding NO2 is 1. The standard InChI is InChI=1S/C15H15NO/c1-15(2,16-17)11-10-12-6-8-13-4-3-5-14(13)9-7-12/h3-11H,1-2H3. The Bertz CT molecular complexity index is 498. The molecule has 0 amide bonds. The van der Waals surface area contributed by atoms with Gasteiger partial charge in [0, 0.05) is 0 Å². The van der Waals surface area contributed by atoms with Crippen LogP contribution in [0.1, 0.15) is 19.4 Å². The van der Waals surface area contributed by atoms with Crippen LogP contribution in [0.5, 0.6) is 0 Å². The Morgan fingerprint density at radius 2 is 1.59 bits per heavy atom. The van der Waals surface area contributed by atoms with E-state index < -0.39 is 5.54 Å². The third-order valence-electron chi connectivity index (χ3n) is 2.71. The van der Waals surface area contributed by atoms with Gasteiger partial charge in [-0.25, -0.2) is 0 Å². The summed E-state index contributed by atoms with van der Waals surface area (Å²) < 4.78 is 0. The Hall–Kier alpha value is -1.96. The molecule has 0 radical (unpaired) electrons. The van der Waals surface area contributed by atoms with Crippen molar-refractivity contribution in [3.8, 4) is 11.1 Å². The summed E-state index contributed by atoms with van der Waals surface area (Å²) in [6.45, 7) is 3.58. The van der Waals surface area contributed by atoms with Crippen LogP contribution >= 0.6 is 0 Å². The molecule has 0 atom stereocenters. The molecule has 0 aromatic carbocycles. The van der Waals surface area contributed by atoms with Gasteiger partial charge in [-0.2, -0.15) is 0 Å². The Kier molecular flexibility index (Phi) is 3.05. The maximum atomic E-state index is 10.6. The third-order valence-corrected chi connectivity index (χ3v) is 2.71. The van der Waals surface area contributed by atoms with E-state index in [9.17, 15) is 4.91 Å². The fourth-order valence-electron chi connectivity index (χ4n) is 1.62. The smallest absolute Gasteiger partial charge is 0.115 e. The summed E-state index contributed by atoms with van der Waals surface area (Å²) in [5, 5.41) is 3.06. The van der Waals surface area contributed by atoms with Crippen LogP contribution in [-0.4, -0.2) is 5.54 Å². The van der Waals surface area contributed by atoms with Crippen molar-refractivity contribution >= 4 is 6.08 Å². The molecule has 2 rings (SSSR count). The Morgan fingerprint density at radius 3 is 2.12 bits per heavy atom. The monoisotopic (exact) mass is 225 g/mol. The molecule has 0 aromatic heterocycles. The fourth-order valence-corrected chi connectivity index (χ4v) is 1.62. The van der Waals surface area contributed by atoms with Gasteiger partial charge in [0.2, 0.25) is 0 Å². The van der Waals surface area contributed by atoms with Crippen LogP contribution in [0, 0.1) is 4.91 Å². The van der Waals surface area contributed by atoms with Crippen LogP contribution in [0.15, 0.2) is 53.7 Å². The number of nitrogens with zero attached hydrogens (tertiary/aromatic N) is 1. The van der Waals surface area contributed by atoms with Gasteiger partial charge in [-0.05, 0) is 30.5 Å². The van der Waals surface area contributed by atoms with Crippen LogP contribution in [0.25, 0.3) is 17.2 Å². The lowest BCUT2D eigenvalue weighted by Gasteiger charge is -2.07. The lowest BCUT2D eigenvalue weighted by molar-refractivity contribution is 0.654. The molecule has 0 saturated carbocycles. The molecule has 0 aromatic rings. The van der Waals surface area contributed by atoms with E-state index >= 15 is 0 Å². The van der Waals surface area contributed by atoms with Crippen molar-refractivity contribution in [1.29, 1.82) is 0 Å². The highest BCUT2D eigenvalue weighted by Crippen LogP contribution is 2.22. The summed E-state index contributed by atoms with van der Waals surface area (Å²) in [6.07, 6.45) is 3.75. The van der Waals surface area contributed by atoms with Gasteiger partial charge in [-0.15, -0.1) is 4.91 Å². The quantitative estimate of drug-likeness (QED) is 0.714. The molecule has 2 heteroatoms. The zero-order valence-corrected chi connectivity index (χ0v) is 10.1. The van der Waals surface area contributed by atoms with Gasteiger partial charge in [0.05, 0.1) is 0 Å². The van der Waals surface area contributed by atoms with Crippen LogP contribution in [0.4, 0.5) is 0 Å². The zero-order valence-electron chi connectivity index (χ0n) is 10.1. The summed E-state index contributed by atoms with van der Waals surface area (Å²) in [5.41, 5.74) is 2.86. The molecule has 17 heavy (non-hydrogen) atoms. The van der Waals surface area contributed by atoms with E-state index in [0.717, 1.165) is 5.56 Å². The average molecular weight is 225 g/mol. The third kappa shape index (κ3) is 2.78. The topological polar surface area (TPSA) is 29.4 Å². The minimum atomic E-state index is -0.650. The van der Waals surface area contributed by atoms with Crippen molar-refractivity contribution in [2.45, 2.75) is 19.4 Å². The van der Waals surface area contributed by atoms with Crippen molar-refractivity contribution in [3.63, 3.8) is 0 Å². The number of hydrogen-bond donors (Lipinski definition) is 0. The molecule has 2 aliphatic carbocycles. The maximum Gasteiger partial charge on any atom is 0.115 e. The van der Waals surface area contributed by atoms with Gasteiger partial charge in [-0.3, -0.25) is 0 Å². The van der Waals surface area contributed by atoms with Crippen LogP contribution in [0.2, 0.25) is 0 Å². The Balaban J connectivity index is 2.31. The van der Waals surface area contributed by atoms with Gasteiger partial charge in [-0.1, -0.05) is 59.8 Å². The molecule has 0 N–H and O–H groups in total. The van der Waals surface area contributed by atoms with E-state index in [1.807, 2.05) is 30.4 Å². The van der Waals surface area contributed by atoms with Gasteiger partial charge in [0.25, 0.3) is 0 Å². The van der Waals surface area contributed by atoms with Crippen LogP contribution in [0.3, 0.4) is 0 Å². The van der Waals surface area contributed by atoms with Gasteiger partial charge >= 0.3 is 0 Å². The second-order valence-corrected chi connectivity index (χ2v) is 4.68. The van der Waals surface area contributed by atoms with Crippen molar-refractivity contribution in [2.24, 2.45) is 5.18 Å². The van der Waals surface area contributed by atoms with Crippen LogP contribution < -0.4 is 0 Å². The molecule has 0 unspecified atom stereocenters. The molecule has 0 saturated heterocycles. The highest BCUT2D eigenvalue weighted by molar-refractivity contribution is 5.67. The lowest BCUT2D eigenvalue weighted by Crippen LogP contribution is -2.10. The number of rotatable bonds is 3. The first-order chi connectivity index (χ1) is 8.11. The molecular formula is C15H15NO. The van der Waals surface area contributed by atoms with Crippen molar-refractivity contribution in [1.82, 2.24) is 0 Å². The zero-order chi connectivity index (χ0) is 12.3. The molecule has 86 valence electrons. The summed E-state index contributed by atoms with van der Waals surface area (Å²) in [5.74, 6) is 0. The molecule has 0 heterocycles. The van der Waals surface area contributed by atoms with E-state index in [0.29, 0.717) is 0 Å². The maximum absolute atomic E-state index is 10.6. The minimum Gasteiger partial charge on any atom is -0.150 e. The van der Waals surface area contributed by atoms with Crippen LogP contribution in [-0.2, 0) is 0 Å². The first-order valence-electron chi connectivity index (χ1n) is 5.63. The van der Waals surface area contributed by atoms with Gasteiger partial charge < -0.3 is 0 Å². The minimum absolute atomic E-state index is 0.650. The molecule has 0 spiro atoms. The van der Waals surface area contributed by atoms with E-state index in [-0.39, 0.29) is 0 Å². The summed E-state index contributed by atoms with van der Waals surface area (Å²) >= 11 is 0. The summed E-state index contributed by atoms with van der Waals surface area (Å²) in [4.78, 5) is 10.6. The molecule has 2 aliphatic rings. The molecule has 0 bridgehead atoms. The highest BCUT2D eigenvalue weighted by Gasteiger charge is 2.12. The first-order valence-corrected chi connectivity index (χ1v) is 5.63. The molecular weight excluding hydrogens is 210 g/mol. The predicted molar refractivity (Wildman–Crippen MR) is 72.0 cm³/mol. The first kappa shape index (κ1) is 11.5. The second-order valence-electron chi connectivity index (χ2n) is 4.68. The normalized spacial score (nSPS) is 12.1. The van der Waals surface area contributed by atoms with E-state index in [2.05, 4.69) is 29.4 Å². The van der Waals surface area contributed by atoms with E-state index in [4.69, 9.17) is 0 Å². The van der Waals surface area contributed by atoms with Crippen molar-refractivity contribution in [3.05, 3.63) is 59.0 Å². The predicted octanol–water partition coefficient (Wildman–Crippen LogP) is 4.35. The fraction of sp³-hybridized carbons (Fsp3) is 0.200. The number of hydrogen-bond acceptors (Lipinski definition) is 2. The SMILES string of the molecule is CC(C)(C=Cc1ccc2cccc-2cc1)N=O. The number of fused-ring (bicyclic) bond motifs is 1. The van der Waals surface area contributed by atoms with Gasteiger partial charge in [0.15, 0.2) is 0 Å². The van der Waals surface area contributed by atoms with Crippen molar-refractivity contribution < 1.29 is 0 Å². The Labute approximate surface area is 101 Å². The highest BCUT2D eigenvalue weighted by atomic mass is 16.3. The van der Waals surface area contributed by atoms with Crippen molar-refractivity contribution in [2.75, 3.05) is 0 Å². The summed E-state index contributed by atoms with van der Waals surface area (Å²) in [7, 11) is 0. The average Bonchev–Trinajstić information content (AvgIpc) is 2.68. The van der Waals surface area contributed by atoms with Gasteiger partial charge in [0.1, 0.15) is 5.54 Å². The second kappa shape index (κ2) is 4.50. The molecule has 0 fully saturated rings. The van der Waals surface area contributed by atoms with E-state index in [1.165, 1.54) is 11.1 Å². The largest absolute Gasteiger partial charge is 0.150 e. The van der Waals surface area contributed by atoms with E-state index in [1.54, 1.807) is 13.8 Å². The Morgan fingerprint density at radius 1 is 1.00 bits per heavy atom.